The summed E-state index contributed by atoms with van der Waals surface area (Å²) in [6.45, 7) is 5.43. The number of hydrogen-bond donors (Lipinski definition) is 0. The molecule has 0 spiro atoms. The number of carbonyl (C=O) groups is 1. The first kappa shape index (κ1) is 17.6. The van der Waals surface area contributed by atoms with Crippen LogP contribution in [-0.2, 0) is 16.0 Å². The lowest BCUT2D eigenvalue weighted by Gasteiger charge is -2.29. The Morgan fingerprint density at radius 2 is 1.83 bits per heavy atom. The topological polar surface area (TPSA) is 54.0 Å². The summed E-state index contributed by atoms with van der Waals surface area (Å²) in [5, 5.41) is 0. The summed E-state index contributed by atoms with van der Waals surface area (Å²) < 4.78 is 22.3. The van der Waals surface area contributed by atoms with Gasteiger partial charge in [-0.25, -0.2) is 0 Å². The molecule has 1 atom stereocenters. The van der Waals surface area contributed by atoms with Gasteiger partial charge in [-0.3, -0.25) is 4.79 Å². The second kappa shape index (κ2) is 6.79. The molecule has 0 heterocycles. The van der Waals surface area contributed by atoms with Crippen molar-refractivity contribution in [1.29, 1.82) is 0 Å². The van der Waals surface area contributed by atoms with Crippen LogP contribution in [-0.4, -0.2) is 27.3 Å². The smallest absolute Gasteiger partial charge is 0.316 e. The minimum atomic E-state index is -0.618. The fourth-order valence-electron chi connectivity index (χ4n) is 2.80. The van der Waals surface area contributed by atoms with Crippen molar-refractivity contribution in [3.05, 3.63) is 17.2 Å². The predicted molar refractivity (Wildman–Crippen MR) is 87.3 cm³/mol. The molecule has 0 saturated carbocycles. The normalized spacial score (nSPS) is 17.4. The molecular weight excluding hydrogens is 296 g/mol. The molecule has 0 aromatic heterocycles. The van der Waals surface area contributed by atoms with Gasteiger partial charge in [0.05, 0.1) is 25.7 Å². The zero-order chi connectivity index (χ0) is 17.2. The number of aryl methyl sites for hydroxylation is 1. The Morgan fingerprint density at radius 1 is 1.13 bits per heavy atom. The number of fused-ring (bicyclic) bond motifs is 1. The number of esters is 1. The zero-order valence-corrected chi connectivity index (χ0v) is 14.8. The third-order valence-corrected chi connectivity index (χ3v) is 4.08. The Hall–Kier alpha value is -1.75. The van der Waals surface area contributed by atoms with Crippen molar-refractivity contribution >= 4 is 5.97 Å². The van der Waals surface area contributed by atoms with Gasteiger partial charge in [0.1, 0.15) is 0 Å². The van der Waals surface area contributed by atoms with Gasteiger partial charge < -0.3 is 18.9 Å². The maximum absolute atomic E-state index is 12.3. The number of rotatable bonds is 4. The highest BCUT2D eigenvalue weighted by molar-refractivity contribution is 5.80. The van der Waals surface area contributed by atoms with Crippen LogP contribution in [0.15, 0.2) is 6.07 Å². The highest BCUT2D eigenvalue weighted by atomic mass is 16.6. The summed E-state index contributed by atoms with van der Waals surface area (Å²) >= 11 is 0. The third kappa shape index (κ3) is 3.44. The molecule has 1 aliphatic rings. The van der Waals surface area contributed by atoms with Crippen LogP contribution < -0.4 is 14.2 Å². The number of benzene rings is 1. The SMILES string of the molecule is COc1cc2c(c(OC)c1OC(=O)C(C)(C)C)C(OC)CCC2. The molecule has 2 rings (SSSR count). The molecule has 0 aliphatic heterocycles. The molecule has 1 aliphatic carbocycles. The van der Waals surface area contributed by atoms with Crippen molar-refractivity contribution in [2.75, 3.05) is 21.3 Å². The van der Waals surface area contributed by atoms with Crippen LogP contribution in [0.1, 0.15) is 50.8 Å². The summed E-state index contributed by atoms with van der Waals surface area (Å²) in [6.07, 6.45) is 2.82. The van der Waals surface area contributed by atoms with Crippen LogP contribution >= 0.6 is 0 Å². The van der Waals surface area contributed by atoms with Gasteiger partial charge in [0.2, 0.25) is 5.75 Å². The molecule has 1 aromatic carbocycles. The molecule has 0 amide bonds. The average Bonchev–Trinajstić information content (AvgIpc) is 2.52. The van der Waals surface area contributed by atoms with Gasteiger partial charge in [0, 0.05) is 12.7 Å². The van der Waals surface area contributed by atoms with Crippen molar-refractivity contribution in [1.82, 2.24) is 0 Å². The Morgan fingerprint density at radius 3 is 2.35 bits per heavy atom. The largest absolute Gasteiger partial charge is 0.493 e. The summed E-state index contributed by atoms with van der Waals surface area (Å²) in [7, 11) is 4.82. The van der Waals surface area contributed by atoms with E-state index in [1.54, 1.807) is 21.3 Å². The molecule has 0 saturated heterocycles. The van der Waals surface area contributed by atoms with Crippen molar-refractivity contribution < 1.29 is 23.7 Å². The van der Waals surface area contributed by atoms with Gasteiger partial charge in [-0.15, -0.1) is 0 Å². The summed E-state index contributed by atoms with van der Waals surface area (Å²) in [4.78, 5) is 12.3. The predicted octanol–water partition coefficient (Wildman–Crippen LogP) is 3.68. The summed E-state index contributed by atoms with van der Waals surface area (Å²) in [5.74, 6) is 1.04. The van der Waals surface area contributed by atoms with E-state index in [0.717, 1.165) is 30.4 Å². The fraction of sp³-hybridized carbons (Fsp3) is 0.611. The van der Waals surface area contributed by atoms with Crippen LogP contribution in [0.25, 0.3) is 0 Å². The van der Waals surface area contributed by atoms with E-state index in [2.05, 4.69) is 0 Å². The first-order chi connectivity index (χ1) is 10.8. The lowest BCUT2D eigenvalue weighted by atomic mass is 9.88. The number of carbonyl (C=O) groups excluding carboxylic acids is 1. The molecule has 0 radical (unpaired) electrons. The highest BCUT2D eigenvalue weighted by Gasteiger charge is 2.32. The van der Waals surface area contributed by atoms with E-state index in [9.17, 15) is 4.79 Å². The monoisotopic (exact) mass is 322 g/mol. The summed E-state index contributed by atoms with van der Waals surface area (Å²) in [5.41, 5.74) is 1.46. The maximum atomic E-state index is 12.3. The Balaban J connectivity index is 2.58. The minimum absolute atomic E-state index is 0.0632. The van der Waals surface area contributed by atoms with Crippen LogP contribution in [0.2, 0.25) is 0 Å². The van der Waals surface area contributed by atoms with E-state index in [1.807, 2.05) is 26.8 Å². The van der Waals surface area contributed by atoms with E-state index in [0.29, 0.717) is 17.2 Å². The molecule has 1 unspecified atom stereocenters. The van der Waals surface area contributed by atoms with Crippen molar-refractivity contribution in [3.8, 4) is 17.2 Å². The number of hydrogen-bond acceptors (Lipinski definition) is 5. The molecule has 128 valence electrons. The van der Waals surface area contributed by atoms with E-state index < -0.39 is 5.41 Å². The first-order valence-electron chi connectivity index (χ1n) is 7.86. The van der Waals surface area contributed by atoms with Gasteiger partial charge >= 0.3 is 5.97 Å². The molecule has 23 heavy (non-hydrogen) atoms. The maximum Gasteiger partial charge on any atom is 0.316 e. The van der Waals surface area contributed by atoms with E-state index in [-0.39, 0.29) is 12.1 Å². The average molecular weight is 322 g/mol. The Labute approximate surface area is 137 Å². The fourth-order valence-corrected chi connectivity index (χ4v) is 2.80. The molecule has 1 aromatic rings. The Bertz CT molecular complexity index is 586. The van der Waals surface area contributed by atoms with Crippen LogP contribution in [0.5, 0.6) is 17.2 Å². The molecule has 0 bridgehead atoms. The second-order valence-electron chi connectivity index (χ2n) is 6.77. The van der Waals surface area contributed by atoms with Gasteiger partial charge in [0.25, 0.3) is 0 Å². The van der Waals surface area contributed by atoms with Crippen LogP contribution in [0.4, 0.5) is 0 Å². The van der Waals surface area contributed by atoms with Crippen LogP contribution in [0.3, 0.4) is 0 Å². The second-order valence-corrected chi connectivity index (χ2v) is 6.77. The van der Waals surface area contributed by atoms with Crippen molar-refractivity contribution in [2.24, 2.45) is 5.41 Å². The highest BCUT2D eigenvalue weighted by Crippen LogP contribution is 2.49. The molecule has 5 heteroatoms. The van der Waals surface area contributed by atoms with E-state index in [4.69, 9.17) is 18.9 Å². The molecule has 0 N–H and O–H groups in total. The standard InChI is InChI=1S/C18H26O5/c1-18(2,3)17(19)23-15-13(21-5)10-11-8-7-9-12(20-4)14(11)16(15)22-6/h10,12H,7-9H2,1-6H3. The summed E-state index contributed by atoms with van der Waals surface area (Å²) in [6, 6.07) is 1.92. The van der Waals surface area contributed by atoms with E-state index in [1.165, 1.54) is 0 Å². The zero-order valence-electron chi connectivity index (χ0n) is 14.8. The lowest BCUT2D eigenvalue weighted by molar-refractivity contribution is -0.143. The van der Waals surface area contributed by atoms with Gasteiger partial charge in [0.15, 0.2) is 11.5 Å². The lowest BCUT2D eigenvalue weighted by Crippen LogP contribution is -2.26. The molecular formula is C18H26O5. The third-order valence-electron chi connectivity index (χ3n) is 4.08. The Kier molecular flexibility index (Phi) is 5.19. The first-order valence-corrected chi connectivity index (χ1v) is 7.86. The van der Waals surface area contributed by atoms with E-state index >= 15 is 0 Å². The van der Waals surface area contributed by atoms with Crippen LogP contribution in [0, 0.1) is 5.41 Å². The molecule has 0 fully saturated rings. The van der Waals surface area contributed by atoms with Gasteiger partial charge in [-0.2, -0.15) is 0 Å². The quantitative estimate of drug-likeness (QED) is 0.625. The minimum Gasteiger partial charge on any atom is -0.493 e. The van der Waals surface area contributed by atoms with Gasteiger partial charge in [-0.1, -0.05) is 0 Å². The van der Waals surface area contributed by atoms with Crippen molar-refractivity contribution in [3.63, 3.8) is 0 Å². The number of methoxy groups -OCH3 is 3. The van der Waals surface area contributed by atoms with Crippen molar-refractivity contribution in [2.45, 2.75) is 46.1 Å². The molecule has 5 nitrogen and oxygen atoms in total. The van der Waals surface area contributed by atoms with Gasteiger partial charge in [-0.05, 0) is 51.7 Å². The number of ether oxygens (including phenoxy) is 4.